The fraction of sp³-hybridized carbons (Fsp3) is 0.684. The van der Waals surface area contributed by atoms with Gasteiger partial charge in [-0.1, -0.05) is 51.0 Å². The first kappa shape index (κ1) is 39.3. The number of ether oxygens (including phenoxy) is 1. The molecule has 0 spiro atoms. The monoisotopic (exact) mass is 625 g/mol. The molecule has 2 aromatic carbocycles. The first-order valence-electron chi connectivity index (χ1n) is 17.0. The Hall–Kier alpha value is -1.84. The summed E-state index contributed by atoms with van der Waals surface area (Å²) in [5.74, 6) is 0. The summed E-state index contributed by atoms with van der Waals surface area (Å²) < 4.78 is 7.54. The van der Waals surface area contributed by atoms with Crippen molar-refractivity contribution in [3.8, 4) is 0 Å². The highest BCUT2D eigenvalue weighted by Gasteiger charge is 2.28. The van der Waals surface area contributed by atoms with Crippen molar-refractivity contribution in [3.05, 3.63) is 68.8 Å². The number of benzene rings is 2. The Morgan fingerprint density at radius 2 is 0.667 bits per heavy atom. The van der Waals surface area contributed by atoms with E-state index >= 15 is 0 Å². The van der Waals surface area contributed by atoms with Gasteiger partial charge in [0.2, 0.25) is 0 Å². The molecule has 0 aromatic heterocycles. The van der Waals surface area contributed by atoms with Crippen LogP contribution < -0.4 is 0 Å². The van der Waals surface area contributed by atoms with Crippen molar-refractivity contribution >= 4 is 0 Å². The molecule has 45 heavy (non-hydrogen) atoms. The smallest absolute Gasteiger partial charge is 0.0839 e. The zero-order valence-corrected chi connectivity index (χ0v) is 31.6. The second-order valence-corrected chi connectivity index (χ2v) is 14.8. The Morgan fingerprint density at radius 1 is 0.422 bits per heavy atom. The van der Waals surface area contributed by atoms with Gasteiger partial charge in [0.15, 0.2) is 0 Å². The molecule has 0 aliphatic rings. The van der Waals surface area contributed by atoms with Gasteiger partial charge in [0, 0.05) is 39.3 Å². The molecule has 0 radical (unpaired) electrons. The van der Waals surface area contributed by atoms with E-state index in [1.165, 1.54) is 44.5 Å². The van der Waals surface area contributed by atoms with Crippen LogP contribution in [-0.4, -0.2) is 114 Å². The molecule has 2 rings (SSSR count). The highest BCUT2D eigenvalue weighted by atomic mass is 16.5. The molecule has 2 unspecified atom stereocenters. The quantitative estimate of drug-likeness (QED) is 0.167. The zero-order valence-electron chi connectivity index (χ0n) is 31.6. The second kappa shape index (κ2) is 19.1. The lowest BCUT2D eigenvalue weighted by Gasteiger charge is -2.33. The van der Waals surface area contributed by atoms with E-state index < -0.39 is 0 Å². The number of hydrogen-bond donors (Lipinski definition) is 0. The van der Waals surface area contributed by atoms with Crippen LogP contribution in [0.3, 0.4) is 0 Å². The minimum Gasteiger partial charge on any atom is -0.366 e. The molecule has 2 aromatic rings. The molecule has 0 N–H and O–H groups in total. The lowest BCUT2D eigenvalue weighted by atomic mass is 9.88. The summed E-state index contributed by atoms with van der Waals surface area (Å²) in [5.41, 5.74) is 11.1. The van der Waals surface area contributed by atoms with Gasteiger partial charge in [-0.2, -0.15) is 0 Å². The highest BCUT2D eigenvalue weighted by molar-refractivity contribution is 5.43. The number of hydrogen-bond acceptors (Lipinski definition) is 7. The minimum atomic E-state index is 0.0192. The fourth-order valence-electron chi connectivity index (χ4n) is 6.61. The Bertz CT molecular complexity index is 1010. The van der Waals surface area contributed by atoms with Crippen molar-refractivity contribution in [2.24, 2.45) is 0 Å². The van der Waals surface area contributed by atoms with Crippen LogP contribution in [0.5, 0.6) is 0 Å². The van der Waals surface area contributed by atoms with Gasteiger partial charge in [-0.15, -0.1) is 0 Å². The van der Waals surface area contributed by atoms with Gasteiger partial charge in [0.25, 0.3) is 0 Å². The highest BCUT2D eigenvalue weighted by Crippen LogP contribution is 2.40. The largest absolute Gasteiger partial charge is 0.366 e. The first-order valence-corrected chi connectivity index (χ1v) is 17.0. The summed E-state index contributed by atoms with van der Waals surface area (Å²) in [6.07, 6.45) is 4.18. The maximum atomic E-state index is 7.54. The third-order valence-corrected chi connectivity index (χ3v) is 7.84. The lowest BCUT2D eigenvalue weighted by molar-refractivity contribution is -0.0271. The SMILES string of the molecule is CCCC(OC(CCC)c1c(CN(C)C)cc(CN(C)C)cc1CN(C)C)c1c(CN(C)C)cc(CN(C)C)cc1CN(C)C. The van der Waals surface area contributed by atoms with E-state index in [2.05, 4.69) is 152 Å². The average Bonchev–Trinajstić information content (AvgIpc) is 2.86. The molecule has 0 saturated heterocycles. The van der Waals surface area contributed by atoms with E-state index in [0.29, 0.717) is 0 Å². The molecule has 256 valence electrons. The Kier molecular flexibility index (Phi) is 16.7. The molecular formula is C38H68N6O. The van der Waals surface area contributed by atoms with Gasteiger partial charge in [-0.25, -0.2) is 0 Å². The summed E-state index contributed by atoms with van der Waals surface area (Å²) in [6, 6.07) is 9.78. The van der Waals surface area contributed by atoms with E-state index in [4.69, 9.17) is 4.74 Å². The van der Waals surface area contributed by atoms with Crippen LogP contribution in [0.25, 0.3) is 0 Å². The normalized spacial score (nSPS) is 13.8. The second-order valence-electron chi connectivity index (χ2n) is 14.8. The molecule has 0 aliphatic carbocycles. The van der Waals surface area contributed by atoms with Crippen molar-refractivity contribution < 1.29 is 4.74 Å². The summed E-state index contributed by atoms with van der Waals surface area (Å²) in [4.78, 5) is 13.7. The number of rotatable bonds is 20. The molecule has 7 heteroatoms. The van der Waals surface area contributed by atoms with E-state index in [0.717, 1.165) is 65.0 Å². The van der Waals surface area contributed by atoms with E-state index in [-0.39, 0.29) is 12.2 Å². The number of nitrogens with zero attached hydrogens (tertiary/aromatic N) is 6. The molecule has 0 fully saturated rings. The standard InChI is InChI=1S/C38H68N6O/c1-15-17-35(37-31(25-41(7)8)19-29(23-39(3)4)20-32(37)26-42(9)10)45-36(18-16-2)38-33(27-43(11)12)21-30(24-40(5)6)22-34(38)28-44(13)14/h19-22,35-36H,15-18,23-28H2,1-14H3. The molecule has 0 saturated carbocycles. The van der Waals surface area contributed by atoms with Gasteiger partial charge >= 0.3 is 0 Å². The molecule has 7 nitrogen and oxygen atoms in total. The summed E-state index contributed by atoms with van der Waals surface area (Å²) in [7, 11) is 26.1. The first-order chi connectivity index (χ1) is 21.1. The molecule has 2 atom stereocenters. The van der Waals surface area contributed by atoms with Crippen LogP contribution in [0.1, 0.15) is 96.2 Å². The van der Waals surface area contributed by atoms with Gasteiger partial charge in [0.05, 0.1) is 12.2 Å². The predicted molar refractivity (Wildman–Crippen MR) is 194 cm³/mol. The van der Waals surface area contributed by atoms with Crippen molar-refractivity contribution in [2.75, 3.05) is 84.6 Å². The van der Waals surface area contributed by atoms with E-state index in [9.17, 15) is 0 Å². The molecular weight excluding hydrogens is 556 g/mol. The molecule has 0 amide bonds. The van der Waals surface area contributed by atoms with Crippen LogP contribution in [0.4, 0.5) is 0 Å². The topological polar surface area (TPSA) is 28.7 Å². The van der Waals surface area contributed by atoms with Crippen molar-refractivity contribution in [2.45, 2.75) is 91.0 Å². The predicted octanol–water partition coefficient (Wildman–Crippen LogP) is 6.46. The summed E-state index contributed by atoms with van der Waals surface area (Å²) >= 11 is 0. The molecule has 0 heterocycles. The van der Waals surface area contributed by atoms with Crippen LogP contribution in [0.2, 0.25) is 0 Å². The zero-order chi connectivity index (χ0) is 33.8. The third kappa shape index (κ3) is 13.1. The van der Waals surface area contributed by atoms with E-state index in [1.54, 1.807) is 0 Å². The van der Waals surface area contributed by atoms with E-state index in [1.807, 2.05) is 0 Å². The molecule has 0 bridgehead atoms. The third-order valence-electron chi connectivity index (χ3n) is 7.84. The molecule has 0 aliphatic heterocycles. The Labute approximate surface area is 278 Å². The van der Waals surface area contributed by atoms with Crippen LogP contribution in [-0.2, 0) is 44.0 Å². The van der Waals surface area contributed by atoms with Crippen molar-refractivity contribution in [1.29, 1.82) is 0 Å². The Balaban J connectivity index is 2.85. The van der Waals surface area contributed by atoms with Crippen LogP contribution in [0.15, 0.2) is 24.3 Å². The van der Waals surface area contributed by atoms with Crippen molar-refractivity contribution in [3.63, 3.8) is 0 Å². The maximum Gasteiger partial charge on any atom is 0.0839 e. The van der Waals surface area contributed by atoms with Crippen molar-refractivity contribution in [1.82, 2.24) is 29.4 Å². The minimum absolute atomic E-state index is 0.0192. The van der Waals surface area contributed by atoms with Gasteiger partial charge in [0.1, 0.15) is 0 Å². The van der Waals surface area contributed by atoms with Gasteiger partial charge in [-0.3, -0.25) is 0 Å². The van der Waals surface area contributed by atoms with Gasteiger partial charge in [-0.05, 0) is 142 Å². The average molecular weight is 625 g/mol. The van der Waals surface area contributed by atoms with Crippen LogP contribution >= 0.6 is 0 Å². The summed E-state index contributed by atoms with van der Waals surface area (Å²) in [5, 5.41) is 0. The Morgan fingerprint density at radius 3 is 0.867 bits per heavy atom. The lowest BCUT2D eigenvalue weighted by Crippen LogP contribution is -2.24. The summed E-state index contributed by atoms with van der Waals surface area (Å²) in [6.45, 7) is 10.1. The maximum absolute atomic E-state index is 7.54. The van der Waals surface area contributed by atoms with Crippen LogP contribution in [0, 0.1) is 0 Å². The van der Waals surface area contributed by atoms with Gasteiger partial charge < -0.3 is 34.1 Å². The fourth-order valence-corrected chi connectivity index (χ4v) is 6.61.